The number of fused-ring (bicyclic) bond motifs is 1. The monoisotopic (exact) mass is 482 g/mol. The molecule has 0 fully saturated rings. The van der Waals surface area contributed by atoms with Crippen LogP contribution in [-0.2, 0) is 20.7 Å². The number of hydrogen-bond acceptors (Lipinski definition) is 6. The van der Waals surface area contributed by atoms with Gasteiger partial charge in [0.15, 0.2) is 0 Å². The minimum absolute atomic E-state index is 0.0357. The average Bonchev–Trinajstić information content (AvgIpc) is 2.83. The third-order valence-electron chi connectivity index (χ3n) is 6.15. The number of likely N-dealkylation sites (N-methyl/N-ethyl adjacent to an activating group) is 1. The number of nitrogens with zero attached hydrogens (tertiary/aromatic N) is 3. The van der Waals surface area contributed by atoms with E-state index >= 15 is 0 Å². The second-order valence-corrected chi connectivity index (χ2v) is 9.03. The predicted molar refractivity (Wildman–Crippen MR) is 132 cm³/mol. The van der Waals surface area contributed by atoms with Gasteiger partial charge >= 0.3 is 0 Å². The van der Waals surface area contributed by atoms with Crippen LogP contribution in [-0.4, -0.2) is 78.5 Å². The number of pyridine rings is 1. The second kappa shape index (κ2) is 11.8. The van der Waals surface area contributed by atoms with Crippen molar-refractivity contribution in [2.75, 3.05) is 39.2 Å². The topological polar surface area (TPSA) is 101 Å². The van der Waals surface area contributed by atoms with Crippen molar-refractivity contribution >= 4 is 23.4 Å². The van der Waals surface area contributed by atoms with E-state index in [9.17, 15) is 14.4 Å². The van der Waals surface area contributed by atoms with Gasteiger partial charge in [-0.3, -0.25) is 19.4 Å². The number of carbonyl (C=O) groups excluding carboxylic acids is 3. The van der Waals surface area contributed by atoms with Crippen LogP contribution < -0.4 is 10.1 Å². The summed E-state index contributed by atoms with van der Waals surface area (Å²) in [6.45, 7) is 6.31. The van der Waals surface area contributed by atoms with E-state index in [-0.39, 0.29) is 48.8 Å². The van der Waals surface area contributed by atoms with Crippen LogP contribution in [0.4, 0.5) is 5.69 Å². The van der Waals surface area contributed by atoms with Crippen molar-refractivity contribution in [2.45, 2.75) is 39.3 Å². The minimum Gasteiger partial charge on any atom is -0.491 e. The number of benzene rings is 1. The van der Waals surface area contributed by atoms with Crippen molar-refractivity contribution in [1.29, 1.82) is 0 Å². The van der Waals surface area contributed by atoms with Gasteiger partial charge in [-0.25, -0.2) is 0 Å². The molecule has 0 radical (unpaired) electrons. The Kier molecular flexibility index (Phi) is 8.81. The molecule has 1 aromatic carbocycles. The lowest BCUT2D eigenvalue weighted by Crippen LogP contribution is -2.49. The highest BCUT2D eigenvalue weighted by atomic mass is 16.5. The van der Waals surface area contributed by atoms with E-state index in [1.807, 2.05) is 32.0 Å². The lowest BCUT2D eigenvalue weighted by atomic mass is 10.0. The van der Waals surface area contributed by atoms with Crippen molar-refractivity contribution in [3.05, 3.63) is 53.9 Å². The molecule has 188 valence electrons. The highest BCUT2D eigenvalue weighted by molar-refractivity contribution is 5.98. The zero-order valence-corrected chi connectivity index (χ0v) is 21.0. The average molecular weight is 483 g/mol. The summed E-state index contributed by atoms with van der Waals surface area (Å²) in [4.78, 5) is 45.8. The number of hydrogen-bond donors (Lipinski definition) is 1. The van der Waals surface area contributed by atoms with Gasteiger partial charge in [0, 0.05) is 63.7 Å². The molecular weight excluding hydrogens is 448 g/mol. The summed E-state index contributed by atoms with van der Waals surface area (Å²) in [5, 5.41) is 2.72. The number of ether oxygens (including phenoxy) is 2. The molecule has 1 aliphatic heterocycles. The van der Waals surface area contributed by atoms with Crippen molar-refractivity contribution in [2.24, 2.45) is 5.92 Å². The molecule has 9 heteroatoms. The zero-order valence-electron chi connectivity index (χ0n) is 21.0. The molecule has 9 nitrogen and oxygen atoms in total. The van der Waals surface area contributed by atoms with Crippen molar-refractivity contribution in [1.82, 2.24) is 14.8 Å². The van der Waals surface area contributed by atoms with E-state index < -0.39 is 0 Å². The third-order valence-corrected chi connectivity index (χ3v) is 6.15. The van der Waals surface area contributed by atoms with Gasteiger partial charge in [-0.1, -0.05) is 13.0 Å². The molecule has 2 heterocycles. The quantitative estimate of drug-likeness (QED) is 0.719. The van der Waals surface area contributed by atoms with Crippen LogP contribution >= 0.6 is 0 Å². The number of anilines is 1. The second-order valence-electron chi connectivity index (χ2n) is 9.03. The zero-order chi connectivity index (χ0) is 25.5. The first kappa shape index (κ1) is 26.2. The SMILES string of the molecule is CO[C@H]1CN(C)C(=O)c2ccc(NC(C)=O)cc2OC[C@@H](C)N(C(=O)Cc2ccccn2)C[C@H]1C. The van der Waals surface area contributed by atoms with Gasteiger partial charge < -0.3 is 24.6 Å². The van der Waals surface area contributed by atoms with Crippen LogP contribution in [0.1, 0.15) is 36.8 Å². The van der Waals surface area contributed by atoms with Crippen molar-refractivity contribution in [3.8, 4) is 5.75 Å². The first-order valence-corrected chi connectivity index (χ1v) is 11.7. The van der Waals surface area contributed by atoms with Crippen LogP contribution in [0.25, 0.3) is 0 Å². The molecule has 1 aliphatic rings. The fourth-order valence-corrected chi connectivity index (χ4v) is 4.16. The molecular formula is C26H34N4O5. The van der Waals surface area contributed by atoms with E-state index in [0.29, 0.717) is 35.8 Å². The fraction of sp³-hybridized carbons (Fsp3) is 0.462. The van der Waals surface area contributed by atoms with E-state index in [4.69, 9.17) is 9.47 Å². The Hall–Kier alpha value is -3.46. The Labute approximate surface area is 206 Å². The number of rotatable bonds is 4. The van der Waals surface area contributed by atoms with Crippen LogP contribution in [0.5, 0.6) is 5.75 Å². The first-order valence-electron chi connectivity index (χ1n) is 11.7. The normalized spacial score (nSPS) is 21.3. The molecule has 0 aliphatic carbocycles. The molecule has 0 unspecified atom stereocenters. The molecule has 3 rings (SSSR count). The molecule has 0 saturated carbocycles. The van der Waals surface area contributed by atoms with Gasteiger partial charge in [-0.05, 0) is 31.2 Å². The number of amides is 3. The lowest BCUT2D eigenvalue weighted by Gasteiger charge is -2.36. The molecule has 1 aromatic heterocycles. The lowest BCUT2D eigenvalue weighted by molar-refractivity contribution is -0.134. The molecule has 0 spiro atoms. The van der Waals surface area contributed by atoms with Crippen molar-refractivity contribution in [3.63, 3.8) is 0 Å². The Morgan fingerprint density at radius 3 is 2.63 bits per heavy atom. The number of nitrogens with one attached hydrogen (secondary N) is 1. The Morgan fingerprint density at radius 1 is 1.20 bits per heavy atom. The summed E-state index contributed by atoms with van der Waals surface area (Å²) in [5.74, 6) is -0.181. The van der Waals surface area contributed by atoms with E-state index in [2.05, 4.69) is 10.3 Å². The maximum atomic E-state index is 13.4. The molecule has 35 heavy (non-hydrogen) atoms. The van der Waals surface area contributed by atoms with Crippen molar-refractivity contribution < 1.29 is 23.9 Å². The number of carbonyl (C=O) groups is 3. The van der Waals surface area contributed by atoms with E-state index in [1.54, 1.807) is 48.4 Å². The molecule has 1 N–H and O–H groups in total. The van der Waals surface area contributed by atoms with Gasteiger partial charge in [0.05, 0.1) is 24.1 Å². The maximum absolute atomic E-state index is 13.4. The van der Waals surface area contributed by atoms with Gasteiger partial charge in [-0.2, -0.15) is 0 Å². The third kappa shape index (κ3) is 6.79. The predicted octanol–water partition coefficient (Wildman–Crippen LogP) is 2.62. The van der Waals surface area contributed by atoms with Gasteiger partial charge in [-0.15, -0.1) is 0 Å². The summed E-state index contributed by atoms with van der Waals surface area (Å²) < 4.78 is 11.8. The van der Waals surface area contributed by atoms with Crippen LogP contribution in [0, 0.1) is 5.92 Å². The molecule has 0 bridgehead atoms. The summed E-state index contributed by atoms with van der Waals surface area (Å²) in [6, 6.07) is 10.2. The van der Waals surface area contributed by atoms with E-state index in [1.165, 1.54) is 6.92 Å². The number of methoxy groups -OCH3 is 1. The Balaban J connectivity index is 1.94. The molecule has 2 aromatic rings. The minimum atomic E-state index is -0.282. The summed E-state index contributed by atoms with van der Waals surface area (Å²) in [7, 11) is 3.33. The highest BCUT2D eigenvalue weighted by Crippen LogP contribution is 2.27. The van der Waals surface area contributed by atoms with Gasteiger partial charge in [0.25, 0.3) is 5.91 Å². The smallest absolute Gasteiger partial charge is 0.257 e. The first-order chi connectivity index (χ1) is 16.7. The van der Waals surface area contributed by atoms with Gasteiger partial charge in [0.2, 0.25) is 11.8 Å². The Bertz CT molecular complexity index is 1050. The highest BCUT2D eigenvalue weighted by Gasteiger charge is 2.30. The fourth-order valence-electron chi connectivity index (χ4n) is 4.16. The van der Waals surface area contributed by atoms with E-state index in [0.717, 1.165) is 0 Å². The Morgan fingerprint density at radius 2 is 1.97 bits per heavy atom. The van der Waals surface area contributed by atoms with Crippen LogP contribution in [0.15, 0.2) is 42.6 Å². The largest absolute Gasteiger partial charge is 0.491 e. The standard InChI is InChI=1S/C26H34N4O5/c1-17-14-30(25(32)13-20-8-6-7-11-27-20)18(2)16-35-23-12-21(28-19(3)31)9-10-22(23)26(33)29(4)15-24(17)34-5/h6-12,17-18,24H,13-16H2,1-5H3,(H,28,31)/t17-,18-,24+/m1/s1. The van der Waals surface area contributed by atoms with Gasteiger partial charge in [0.1, 0.15) is 12.4 Å². The summed E-state index contributed by atoms with van der Waals surface area (Å²) >= 11 is 0. The summed E-state index contributed by atoms with van der Waals surface area (Å²) in [5.41, 5.74) is 1.60. The molecule has 3 amide bonds. The summed E-state index contributed by atoms with van der Waals surface area (Å²) in [6.07, 6.45) is 1.58. The maximum Gasteiger partial charge on any atom is 0.257 e. The number of aromatic nitrogens is 1. The molecule has 0 saturated heterocycles. The van der Waals surface area contributed by atoms with Crippen LogP contribution in [0.2, 0.25) is 0 Å². The molecule has 3 atom stereocenters. The van der Waals surface area contributed by atoms with Crippen LogP contribution in [0.3, 0.4) is 0 Å².